The van der Waals surface area contributed by atoms with Crippen molar-refractivity contribution in [1.82, 2.24) is 0 Å². The molecule has 2 aromatic rings. The molecule has 0 saturated carbocycles. The van der Waals surface area contributed by atoms with Crippen molar-refractivity contribution in [2.24, 2.45) is 5.41 Å². The summed E-state index contributed by atoms with van der Waals surface area (Å²) in [7, 11) is 1.45. The number of rotatable bonds is 6. The number of benzene rings is 2. The lowest BCUT2D eigenvalue weighted by molar-refractivity contribution is -0.153. The number of aliphatic hydroxyl groups excluding tert-OH is 1. The fourth-order valence-electron chi connectivity index (χ4n) is 3.26. The SMILES string of the molecule is COc1c(O)ccc(-c2ccc3c(c2)COC3=O)c1OCC1(CO)COC1. The summed E-state index contributed by atoms with van der Waals surface area (Å²) < 4.78 is 21.6. The zero-order valence-electron chi connectivity index (χ0n) is 14.9. The van der Waals surface area contributed by atoms with Gasteiger partial charge in [-0.3, -0.25) is 0 Å². The number of hydrogen-bond acceptors (Lipinski definition) is 7. The third kappa shape index (κ3) is 2.98. The Morgan fingerprint density at radius 3 is 2.59 bits per heavy atom. The lowest BCUT2D eigenvalue weighted by atomic mass is 9.88. The molecule has 142 valence electrons. The van der Waals surface area contributed by atoms with Crippen LogP contribution in [-0.2, 0) is 16.1 Å². The molecule has 4 rings (SSSR count). The third-order valence-electron chi connectivity index (χ3n) is 4.97. The van der Waals surface area contributed by atoms with Crippen LogP contribution in [0.5, 0.6) is 17.2 Å². The van der Waals surface area contributed by atoms with Crippen LogP contribution in [0.3, 0.4) is 0 Å². The number of aromatic hydroxyl groups is 1. The second-order valence-corrected chi connectivity index (χ2v) is 6.88. The van der Waals surface area contributed by atoms with Gasteiger partial charge in [0.15, 0.2) is 11.5 Å². The number of phenolic OH excluding ortho intramolecular Hbond substituents is 1. The zero-order chi connectivity index (χ0) is 19.0. The van der Waals surface area contributed by atoms with Gasteiger partial charge in [0.25, 0.3) is 0 Å². The van der Waals surface area contributed by atoms with E-state index >= 15 is 0 Å². The molecular weight excluding hydrogens is 352 g/mol. The van der Waals surface area contributed by atoms with Crippen molar-refractivity contribution in [1.29, 1.82) is 0 Å². The number of esters is 1. The van der Waals surface area contributed by atoms with Crippen LogP contribution in [0.4, 0.5) is 0 Å². The average Bonchev–Trinajstić information content (AvgIpc) is 3.02. The van der Waals surface area contributed by atoms with Crippen molar-refractivity contribution >= 4 is 5.97 Å². The van der Waals surface area contributed by atoms with Crippen molar-refractivity contribution in [2.45, 2.75) is 6.61 Å². The molecule has 0 aromatic heterocycles. The van der Waals surface area contributed by atoms with Gasteiger partial charge in [0.2, 0.25) is 5.75 Å². The number of carbonyl (C=O) groups excluding carboxylic acids is 1. The second-order valence-electron chi connectivity index (χ2n) is 6.88. The molecule has 2 N–H and O–H groups in total. The Kier molecular flexibility index (Phi) is 4.41. The van der Waals surface area contributed by atoms with Gasteiger partial charge < -0.3 is 29.2 Å². The van der Waals surface area contributed by atoms with Crippen LogP contribution in [0.2, 0.25) is 0 Å². The Bertz CT molecular complexity index is 881. The number of methoxy groups -OCH3 is 1. The molecule has 0 amide bonds. The van der Waals surface area contributed by atoms with E-state index in [-0.39, 0.29) is 37.3 Å². The van der Waals surface area contributed by atoms with Crippen molar-refractivity contribution in [3.63, 3.8) is 0 Å². The van der Waals surface area contributed by atoms with Gasteiger partial charge in [0.1, 0.15) is 13.2 Å². The Labute approximate surface area is 156 Å². The van der Waals surface area contributed by atoms with Gasteiger partial charge in [-0.25, -0.2) is 4.79 Å². The highest BCUT2D eigenvalue weighted by Gasteiger charge is 2.39. The van der Waals surface area contributed by atoms with E-state index < -0.39 is 5.41 Å². The van der Waals surface area contributed by atoms with Crippen LogP contribution in [0.15, 0.2) is 30.3 Å². The van der Waals surface area contributed by atoms with E-state index in [4.69, 9.17) is 18.9 Å². The van der Waals surface area contributed by atoms with Crippen molar-refractivity contribution < 1.29 is 34.0 Å². The topological polar surface area (TPSA) is 94.5 Å². The summed E-state index contributed by atoms with van der Waals surface area (Å²) in [5.74, 6) is 0.223. The minimum atomic E-state index is -0.452. The number of fused-ring (bicyclic) bond motifs is 1. The molecule has 7 heteroatoms. The molecule has 0 bridgehead atoms. The van der Waals surface area contributed by atoms with Gasteiger partial charge in [0, 0.05) is 11.1 Å². The van der Waals surface area contributed by atoms with Gasteiger partial charge in [-0.2, -0.15) is 0 Å². The second kappa shape index (κ2) is 6.75. The highest BCUT2D eigenvalue weighted by atomic mass is 16.5. The van der Waals surface area contributed by atoms with E-state index in [1.54, 1.807) is 18.2 Å². The van der Waals surface area contributed by atoms with E-state index in [0.717, 1.165) is 11.1 Å². The molecule has 0 spiro atoms. The number of ether oxygens (including phenoxy) is 4. The predicted octanol–water partition coefficient (Wildman–Crippen LogP) is 2.13. The molecule has 0 aliphatic carbocycles. The summed E-state index contributed by atoms with van der Waals surface area (Å²) in [5.41, 5.74) is 2.42. The molecule has 0 atom stereocenters. The number of phenols is 1. The summed E-state index contributed by atoms with van der Waals surface area (Å²) in [4.78, 5) is 11.7. The van der Waals surface area contributed by atoms with E-state index in [9.17, 15) is 15.0 Å². The smallest absolute Gasteiger partial charge is 0.338 e. The highest BCUT2D eigenvalue weighted by molar-refractivity contribution is 5.94. The molecule has 1 saturated heterocycles. The molecule has 0 unspecified atom stereocenters. The monoisotopic (exact) mass is 372 g/mol. The van der Waals surface area contributed by atoms with E-state index in [1.165, 1.54) is 13.2 Å². The van der Waals surface area contributed by atoms with E-state index in [0.29, 0.717) is 30.1 Å². The minimum Gasteiger partial charge on any atom is -0.504 e. The maximum Gasteiger partial charge on any atom is 0.338 e. The number of carbonyl (C=O) groups is 1. The summed E-state index contributed by atoms with van der Waals surface area (Å²) >= 11 is 0. The van der Waals surface area contributed by atoms with Crippen LogP contribution in [-0.4, -0.2) is 49.7 Å². The normalized spacial score (nSPS) is 17.0. The van der Waals surface area contributed by atoms with Gasteiger partial charge in [-0.15, -0.1) is 0 Å². The summed E-state index contributed by atoms with van der Waals surface area (Å²) in [5, 5.41) is 19.8. The highest BCUT2D eigenvalue weighted by Crippen LogP contribution is 2.45. The standard InChI is InChI=1S/C20H20O7/c1-24-18-16(22)5-4-14(17(18)27-11-20(8-21)9-25-10-20)12-2-3-15-13(6-12)7-26-19(15)23/h2-6,21-22H,7-11H2,1H3. The molecular formula is C20H20O7. The van der Waals surface area contributed by atoms with Crippen LogP contribution < -0.4 is 9.47 Å². The molecule has 7 nitrogen and oxygen atoms in total. The van der Waals surface area contributed by atoms with E-state index in [1.807, 2.05) is 6.07 Å². The molecule has 0 radical (unpaired) electrons. The first-order chi connectivity index (χ1) is 13.1. The summed E-state index contributed by atoms with van der Waals surface area (Å²) in [6.45, 7) is 1.24. The maximum atomic E-state index is 11.7. The molecule has 2 aliphatic heterocycles. The summed E-state index contributed by atoms with van der Waals surface area (Å²) in [6.07, 6.45) is 0. The third-order valence-corrected chi connectivity index (χ3v) is 4.97. The quantitative estimate of drug-likeness (QED) is 0.750. The maximum absolute atomic E-state index is 11.7. The first-order valence-corrected chi connectivity index (χ1v) is 8.59. The van der Waals surface area contributed by atoms with Gasteiger partial charge >= 0.3 is 5.97 Å². The molecule has 2 heterocycles. The van der Waals surface area contributed by atoms with Crippen LogP contribution in [0.25, 0.3) is 11.1 Å². The van der Waals surface area contributed by atoms with Crippen molar-refractivity contribution in [3.05, 3.63) is 41.5 Å². The average molecular weight is 372 g/mol. The van der Waals surface area contributed by atoms with Gasteiger partial charge in [-0.05, 0) is 29.8 Å². The lowest BCUT2D eigenvalue weighted by Gasteiger charge is -2.39. The van der Waals surface area contributed by atoms with Gasteiger partial charge in [0.05, 0.1) is 37.9 Å². The Hall–Kier alpha value is -2.77. The minimum absolute atomic E-state index is 0.0428. The fourth-order valence-corrected chi connectivity index (χ4v) is 3.26. The Morgan fingerprint density at radius 1 is 1.15 bits per heavy atom. The van der Waals surface area contributed by atoms with E-state index in [2.05, 4.69) is 0 Å². The summed E-state index contributed by atoms with van der Waals surface area (Å²) in [6, 6.07) is 8.66. The fraction of sp³-hybridized carbons (Fsp3) is 0.350. The van der Waals surface area contributed by atoms with Crippen molar-refractivity contribution in [3.8, 4) is 28.4 Å². The molecule has 1 fully saturated rings. The first kappa shape index (κ1) is 17.6. The van der Waals surface area contributed by atoms with Crippen LogP contribution in [0, 0.1) is 5.41 Å². The Balaban J connectivity index is 1.73. The van der Waals surface area contributed by atoms with Crippen LogP contribution >= 0.6 is 0 Å². The number of cyclic esters (lactones) is 1. The number of aliphatic hydroxyl groups is 1. The largest absolute Gasteiger partial charge is 0.504 e. The predicted molar refractivity (Wildman–Crippen MR) is 95.0 cm³/mol. The molecule has 27 heavy (non-hydrogen) atoms. The van der Waals surface area contributed by atoms with Crippen molar-refractivity contribution in [2.75, 3.05) is 33.5 Å². The molecule has 2 aromatic carbocycles. The zero-order valence-corrected chi connectivity index (χ0v) is 14.9. The van der Waals surface area contributed by atoms with Gasteiger partial charge in [-0.1, -0.05) is 6.07 Å². The molecule has 2 aliphatic rings. The first-order valence-electron chi connectivity index (χ1n) is 8.59. The lowest BCUT2D eigenvalue weighted by Crippen LogP contribution is -2.50. The number of hydrogen-bond donors (Lipinski definition) is 2. The van der Waals surface area contributed by atoms with Crippen LogP contribution in [0.1, 0.15) is 15.9 Å². The Morgan fingerprint density at radius 2 is 1.93 bits per heavy atom.